The molecule has 1 saturated carbocycles. The summed E-state index contributed by atoms with van der Waals surface area (Å²) in [6.45, 7) is 2.47. The molecule has 2 atom stereocenters. The smallest absolute Gasteiger partial charge is 0.0595 e. The van der Waals surface area contributed by atoms with Gasteiger partial charge in [0.15, 0.2) is 0 Å². The Labute approximate surface area is 144 Å². The van der Waals surface area contributed by atoms with Crippen LogP contribution >= 0.6 is 23.2 Å². The number of rotatable bonds is 4. The molecule has 0 bridgehead atoms. The SMILES string of the molecule is NC1(CCc2ccc(Cl)c(Cl)c2)CCCCC1N1CCCC1. The summed E-state index contributed by atoms with van der Waals surface area (Å²) in [4.78, 5) is 2.65. The summed E-state index contributed by atoms with van der Waals surface area (Å²) in [5.41, 5.74) is 8.09. The number of nitrogens with two attached hydrogens (primary N) is 1. The number of halogens is 2. The van der Waals surface area contributed by atoms with Crippen molar-refractivity contribution in [1.82, 2.24) is 4.90 Å². The van der Waals surface area contributed by atoms with Crippen LogP contribution in [0.1, 0.15) is 50.5 Å². The van der Waals surface area contributed by atoms with Crippen molar-refractivity contribution in [3.8, 4) is 0 Å². The van der Waals surface area contributed by atoms with Gasteiger partial charge < -0.3 is 5.73 Å². The van der Waals surface area contributed by atoms with Gasteiger partial charge in [0.2, 0.25) is 0 Å². The third kappa shape index (κ3) is 3.62. The van der Waals surface area contributed by atoms with Gasteiger partial charge in [-0.05, 0) is 69.3 Å². The Morgan fingerprint density at radius 1 is 1.09 bits per heavy atom. The van der Waals surface area contributed by atoms with E-state index in [0.29, 0.717) is 16.1 Å². The number of hydrogen-bond acceptors (Lipinski definition) is 2. The fourth-order valence-corrected chi connectivity index (χ4v) is 4.53. The third-order valence-electron chi connectivity index (χ3n) is 5.48. The molecular formula is C18H26Cl2N2. The predicted octanol–water partition coefficient (Wildman–Crippen LogP) is 4.66. The first-order chi connectivity index (χ1) is 10.6. The van der Waals surface area contributed by atoms with Crippen molar-refractivity contribution in [3.63, 3.8) is 0 Å². The van der Waals surface area contributed by atoms with Crippen molar-refractivity contribution in [2.75, 3.05) is 13.1 Å². The molecule has 1 aromatic carbocycles. The maximum Gasteiger partial charge on any atom is 0.0595 e. The molecule has 1 saturated heterocycles. The van der Waals surface area contributed by atoms with Crippen LogP contribution in [0.3, 0.4) is 0 Å². The topological polar surface area (TPSA) is 29.3 Å². The lowest BCUT2D eigenvalue weighted by atomic mass is 9.74. The van der Waals surface area contributed by atoms with Crippen LogP contribution in [0.5, 0.6) is 0 Å². The summed E-state index contributed by atoms with van der Waals surface area (Å²) in [5, 5.41) is 1.27. The maximum atomic E-state index is 6.90. The van der Waals surface area contributed by atoms with E-state index in [1.807, 2.05) is 12.1 Å². The Balaban J connectivity index is 1.68. The molecule has 0 spiro atoms. The number of likely N-dealkylation sites (tertiary alicyclic amines) is 1. The summed E-state index contributed by atoms with van der Waals surface area (Å²) >= 11 is 12.1. The molecule has 2 N–H and O–H groups in total. The number of nitrogens with zero attached hydrogens (tertiary/aromatic N) is 1. The first-order valence-electron chi connectivity index (χ1n) is 8.55. The van der Waals surface area contributed by atoms with E-state index in [-0.39, 0.29) is 5.54 Å². The normalized spacial score (nSPS) is 29.9. The Kier molecular flexibility index (Phi) is 5.34. The van der Waals surface area contributed by atoms with E-state index in [4.69, 9.17) is 28.9 Å². The van der Waals surface area contributed by atoms with Crippen molar-refractivity contribution in [2.24, 2.45) is 5.73 Å². The van der Waals surface area contributed by atoms with E-state index < -0.39 is 0 Å². The lowest BCUT2D eigenvalue weighted by Crippen LogP contribution is -2.59. The Bertz CT molecular complexity index is 514. The van der Waals surface area contributed by atoms with Crippen molar-refractivity contribution >= 4 is 23.2 Å². The summed E-state index contributed by atoms with van der Waals surface area (Å²) in [6.07, 6.45) is 9.69. The van der Waals surface area contributed by atoms with Crippen molar-refractivity contribution in [1.29, 1.82) is 0 Å². The van der Waals surface area contributed by atoms with Crippen LogP contribution < -0.4 is 5.73 Å². The van der Waals surface area contributed by atoms with Crippen LogP contribution in [-0.2, 0) is 6.42 Å². The van der Waals surface area contributed by atoms with Gasteiger partial charge in [-0.15, -0.1) is 0 Å². The average molecular weight is 341 g/mol. The molecule has 2 unspecified atom stereocenters. The summed E-state index contributed by atoms with van der Waals surface area (Å²) in [6, 6.07) is 6.51. The number of hydrogen-bond donors (Lipinski definition) is 1. The van der Waals surface area contributed by atoms with Gasteiger partial charge in [0.1, 0.15) is 0 Å². The van der Waals surface area contributed by atoms with Crippen LogP contribution in [0.2, 0.25) is 10.0 Å². The summed E-state index contributed by atoms with van der Waals surface area (Å²) < 4.78 is 0. The molecule has 22 heavy (non-hydrogen) atoms. The molecule has 0 aromatic heterocycles. The fraction of sp³-hybridized carbons (Fsp3) is 0.667. The lowest BCUT2D eigenvalue weighted by Gasteiger charge is -2.46. The molecule has 2 fully saturated rings. The third-order valence-corrected chi connectivity index (χ3v) is 6.22. The molecule has 1 aromatic rings. The summed E-state index contributed by atoms with van der Waals surface area (Å²) in [7, 11) is 0. The van der Waals surface area contributed by atoms with Crippen LogP contribution in [-0.4, -0.2) is 29.6 Å². The van der Waals surface area contributed by atoms with Crippen molar-refractivity contribution in [2.45, 2.75) is 62.9 Å². The van der Waals surface area contributed by atoms with Crippen LogP contribution in [0.15, 0.2) is 18.2 Å². The van der Waals surface area contributed by atoms with Gasteiger partial charge in [-0.1, -0.05) is 42.1 Å². The second kappa shape index (κ2) is 7.09. The van der Waals surface area contributed by atoms with Gasteiger partial charge in [-0.25, -0.2) is 0 Å². The molecule has 2 aliphatic rings. The van der Waals surface area contributed by atoms with Gasteiger partial charge in [0.25, 0.3) is 0 Å². The maximum absolute atomic E-state index is 6.90. The van der Waals surface area contributed by atoms with Gasteiger partial charge in [-0.3, -0.25) is 4.90 Å². The number of aryl methyl sites for hydroxylation is 1. The van der Waals surface area contributed by atoms with Gasteiger partial charge in [0, 0.05) is 11.6 Å². The first kappa shape index (κ1) is 16.6. The van der Waals surface area contributed by atoms with Gasteiger partial charge >= 0.3 is 0 Å². The quantitative estimate of drug-likeness (QED) is 0.863. The second-order valence-corrected chi connectivity index (χ2v) is 7.80. The highest BCUT2D eigenvalue weighted by Gasteiger charge is 2.40. The van der Waals surface area contributed by atoms with Crippen LogP contribution in [0.4, 0.5) is 0 Å². The summed E-state index contributed by atoms with van der Waals surface area (Å²) in [5.74, 6) is 0. The van der Waals surface area contributed by atoms with Gasteiger partial charge in [-0.2, -0.15) is 0 Å². The highest BCUT2D eigenvalue weighted by molar-refractivity contribution is 6.42. The largest absolute Gasteiger partial charge is 0.324 e. The minimum absolute atomic E-state index is 0.0469. The van der Waals surface area contributed by atoms with Gasteiger partial charge in [0.05, 0.1) is 10.0 Å². The molecule has 0 amide bonds. The zero-order chi connectivity index (χ0) is 15.6. The Morgan fingerprint density at radius 2 is 1.86 bits per heavy atom. The average Bonchev–Trinajstić information content (AvgIpc) is 3.03. The minimum Gasteiger partial charge on any atom is -0.324 e. The van der Waals surface area contributed by atoms with E-state index >= 15 is 0 Å². The minimum atomic E-state index is -0.0469. The highest BCUT2D eigenvalue weighted by Crippen LogP contribution is 2.35. The first-order valence-corrected chi connectivity index (χ1v) is 9.31. The monoisotopic (exact) mass is 340 g/mol. The van der Waals surface area contributed by atoms with E-state index in [9.17, 15) is 0 Å². The van der Waals surface area contributed by atoms with Crippen LogP contribution in [0, 0.1) is 0 Å². The molecular weight excluding hydrogens is 315 g/mol. The molecule has 1 heterocycles. The molecule has 3 rings (SSSR count). The van der Waals surface area contributed by atoms with E-state index in [1.165, 1.54) is 50.8 Å². The standard InChI is InChI=1S/C18H26Cl2N2/c19-15-7-6-14(13-16(15)20)8-10-18(21)9-2-1-5-17(18)22-11-3-4-12-22/h6-7,13,17H,1-5,8-12,21H2. The molecule has 0 radical (unpaired) electrons. The lowest BCUT2D eigenvalue weighted by molar-refractivity contribution is 0.0954. The second-order valence-electron chi connectivity index (χ2n) is 6.99. The molecule has 4 heteroatoms. The molecule has 1 aliphatic carbocycles. The Morgan fingerprint density at radius 3 is 2.59 bits per heavy atom. The number of benzene rings is 1. The zero-order valence-corrected chi connectivity index (χ0v) is 14.7. The molecule has 122 valence electrons. The highest BCUT2D eigenvalue weighted by atomic mass is 35.5. The van der Waals surface area contributed by atoms with Crippen LogP contribution in [0.25, 0.3) is 0 Å². The van der Waals surface area contributed by atoms with Crippen molar-refractivity contribution in [3.05, 3.63) is 33.8 Å². The van der Waals surface area contributed by atoms with E-state index in [2.05, 4.69) is 11.0 Å². The van der Waals surface area contributed by atoms with E-state index in [1.54, 1.807) is 0 Å². The zero-order valence-electron chi connectivity index (χ0n) is 13.2. The Hall–Kier alpha value is -0.280. The molecule has 1 aliphatic heterocycles. The predicted molar refractivity (Wildman–Crippen MR) is 94.8 cm³/mol. The van der Waals surface area contributed by atoms with Crippen molar-refractivity contribution < 1.29 is 0 Å². The van der Waals surface area contributed by atoms with E-state index in [0.717, 1.165) is 19.3 Å². The molecule has 2 nitrogen and oxygen atoms in total. The fourth-order valence-electron chi connectivity index (χ4n) is 4.21.